The van der Waals surface area contributed by atoms with Gasteiger partial charge in [0.25, 0.3) is 0 Å². The zero-order valence-electron chi connectivity index (χ0n) is 13.4. The lowest BCUT2D eigenvalue weighted by Crippen LogP contribution is -2.36. The van der Waals surface area contributed by atoms with E-state index in [2.05, 4.69) is 41.2 Å². The van der Waals surface area contributed by atoms with Gasteiger partial charge in [-0.2, -0.15) is 5.10 Å². The summed E-state index contributed by atoms with van der Waals surface area (Å²) in [5, 5.41) is 9.93. The molecule has 0 aliphatic heterocycles. The summed E-state index contributed by atoms with van der Waals surface area (Å²) in [5.41, 5.74) is 2.55. The molecular formula is C15H28N4O. The minimum atomic E-state index is 0.0328. The van der Waals surface area contributed by atoms with Gasteiger partial charge in [0, 0.05) is 6.54 Å². The predicted octanol–water partition coefficient (Wildman–Crippen LogP) is 2.72. The van der Waals surface area contributed by atoms with Crippen LogP contribution >= 0.6 is 0 Å². The van der Waals surface area contributed by atoms with E-state index < -0.39 is 0 Å². The largest absolute Gasteiger partial charge is 0.322 e. The minimum Gasteiger partial charge on any atom is -0.322 e. The van der Waals surface area contributed by atoms with Crippen LogP contribution in [0.15, 0.2) is 0 Å². The van der Waals surface area contributed by atoms with Gasteiger partial charge in [-0.1, -0.05) is 33.6 Å². The molecule has 5 heteroatoms. The highest BCUT2D eigenvalue weighted by molar-refractivity contribution is 5.93. The number of amides is 1. The van der Waals surface area contributed by atoms with Crippen LogP contribution in [-0.4, -0.2) is 40.6 Å². The Balaban J connectivity index is 2.55. The topological polar surface area (TPSA) is 61.0 Å². The Kier molecular flexibility index (Phi) is 6.71. The normalized spacial score (nSPS) is 11.3. The molecule has 0 saturated carbocycles. The number of carbonyl (C=O) groups excluding carboxylic acids is 1. The molecule has 1 aromatic heterocycles. The summed E-state index contributed by atoms with van der Waals surface area (Å²) in [4.78, 5) is 14.4. The Morgan fingerprint density at radius 3 is 2.40 bits per heavy atom. The van der Waals surface area contributed by atoms with E-state index in [9.17, 15) is 4.79 Å². The van der Waals surface area contributed by atoms with Gasteiger partial charge < -0.3 is 5.32 Å². The average molecular weight is 280 g/mol. The predicted molar refractivity (Wildman–Crippen MR) is 82.9 cm³/mol. The van der Waals surface area contributed by atoms with E-state index in [0.29, 0.717) is 12.5 Å². The maximum absolute atomic E-state index is 12.1. The second-order valence-corrected chi connectivity index (χ2v) is 5.37. The fraction of sp³-hybridized carbons (Fsp3) is 0.733. The summed E-state index contributed by atoms with van der Waals surface area (Å²) in [6, 6.07) is 0. The third-order valence-corrected chi connectivity index (χ3v) is 3.88. The Bertz CT molecular complexity index is 404. The summed E-state index contributed by atoms with van der Waals surface area (Å²) >= 11 is 0. The van der Waals surface area contributed by atoms with Crippen LogP contribution in [0.5, 0.6) is 0 Å². The van der Waals surface area contributed by atoms with E-state index in [1.165, 1.54) is 0 Å². The molecule has 0 fully saturated rings. The van der Waals surface area contributed by atoms with Crippen LogP contribution in [0.1, 0.15) is 45.0 Å². The van der Waals surface area contributed by atoms with E-state index in [-0.39, 0.29) is 5.91 Å². The van der Waals surface area contributed by atoms with Crippen molar-refractivity contribution in [3.05, 3.63) is 11.4 Å². The van der Waals surface area contributed by atoms with Crippen LogP contribution < -0.4 is 5.32 Å². The Morgan fingerprint density at radius 1 is 1.30 bits per heavy atom. The van der Waals surface area contributed by atoms with Gasteiger partial charge in [0.2, 0.25) is 5.91 Å². The van der Waals surface area contributed by atoms with Gasteiger partial charge >= 0.3 is 0 Å². The molecule has 2 N–H and O–H groups in total. The molecule has 0 bridgehead atoms. The highest BCUT2D eigenvalue weighted by atomic mass is 16.2. The monoisotopic (exact) mass is 280 g/mol. The molecule has 0 aliphatic carbocycles. The number of hydrogen-bond acceptors (Lipinski definition) is 3. The highest BCUT2D eigenvalue weighted by Gasteiger charge is 2.15. The molecular weight excluding hydrogens is 252 g/mol. The fourth-order valence-electron chi connectivity index (χ4n) is 2.33. The number of anilines is 1. The smallest absolute Gasteiger partial charge is 0.238 e. The zero-order valence-corrected chi connectivity index (χ0v) is 13.4. The van der Waals surface area contributed by atoms with Gasteiger partial charge in [0.1, 0.15) is 0 Å². The Labute approximate surface area is 122 Å². The van der Waals surface area contributed by atoms with Gasteiger partial charge in [-0.05, 0) is 26.3 Å². The molecule has 0 aliphatic rings. The SMILES string of the molecule is CCC(CC)CN(CC)CC(=O)Nc1c(C)n[nH]c1C. The standard InChI is InChI=1S/C15H28N4O/c1-6-13(7-2)9-19(8-3)10-14(20)16-15-11(4)17-18-12(15)5/h13H,6-10H2,1-5H3,(H,16,20)(H,17,18). The van der Waals surface area contributed by atoms with Crippen molar-refractivity contribution in [2.75, 3.05) is 25.0 Å². The summed E-state index contributed by atoms with van der Waals surface area (Å²) in [7, 11) is 0. The number of nitrogens with one attached hydrogen (secondary N) is 2. The lowest BCUT2D eigenvalue weighted by atomic mass is 10.0. The summed E-state index contributed by atoms with van der Waals surface area (Å²) in [6.45, 7) is 12.6. The van der Waals surface area contributed by atoms with E-state index in [1.807, 2.05) is 13.8 Å². The first kappa shape index (κ1) is 16.7. The number of rotatable bonds is 8. The van der Waals surface area contributed by atoms with Crippen molar-refractivity contribution in [2.45, 2.75) is 47.5 Å². The Hall–Kier alpha value is -1.36. The lowest BCUT2D eigenvalue weighted by molar-refractivity contribution is -0.117. The van der Waals surface area contributed by atoms with Crippen molar-refractivity contribution in [3.8, 4) is 0 Å². The van der Waals surface area contributed by atoms with Gasteiger partial charge in [-0.3, -0.25) is 14.8 Å². The first-order valence-corrected chi connectivity index (χ1v) is 7.55. The molecule has 0 atom stereocenters. The van der Waals surface area contributed by atoms with Crippen LogP contribution in [0.4, 0.5) is 5.69 Å². The number of aromatic nitrogens is 2. The molecule has 0 radical (unpaired) electrons. The van der Waals surface area contributed by atoms with Crippen molar-refractivity contribution in [2.24, 2.45) is 5.92 Å². The second-order valence-electron chi connectivity index (χ2n) is 5.37. The van der Waals surface area contributed by atoms with E-state index in [1.54, 1.807) is 0 Å². The summed E-state index contributed by atoms with van der Waals surface area (Å²) < 4.78 is 0. The van der Waals surface area contributed by atoms with Crippen molar-refractivity contribution in [3.63, 3.8) is 0 Å². The van der Waals surface area contributed by atoms with Gasteiger partial charge in [-0.25, -0.2) is 0 Å². The quantitative estimate of drug-likeness (QED) is 0.769. The molecule has 1 aromatic rings. The van der Waals surface area contributed by atoms with Crippen molar-refractivity contribution < 1.29 is 4.79 Å². The van der Waals surface area contributed by atoms with Crippen molar-refractivity contribution in [1.29, 1.82) is 0 Å². The Morgan fingerprint density at radius 2 is 1.95 bits per heavy atom. The maximum atomic E-state index is 12.1. The van der Waals surface area contributed by atoms with Crippen LogP contribution in [0.3, 0.4) is 0 Å². The number of nitrogens with zero attached hydrogens (tertiary/aromatic N) is 2. The third-order valence-electron chi connectivity index (χ3n) is 3.88. The van der Waals surface area contributed by atoms with E-state index in [0.717, 1.165) is 43.0 Å². The average Bonchev–Trinajstić information content (AvgIpc) is 2.75. The lowest BCUT2D eigenvalue weighted by Gasteiger charge is -2.24. The molecule has 0 saturated heterocycles. The number of aryl methyl sites for hydroxylation is 2. The molecule has 0 spiro atoms. The van der Waals surface area contributed by atoms with Gasteiger partial charge in [-0.15, -0.1) is 0 Å². The third kappa shape index (κ3) is 4.63. The number of aromatic amines is 1. The maximum Gasteiger partial charge on any atom is 0.238 e. The second kappa shape index (κ2) is 8.04. The first-order chi connectivity index (χ1) is 9.51. The van der Waals surface area contributed by atoms with Gasteiger partial charge in [0.15, 0.2) is 0 Å². The molecule has 1 rings (SSSR count). The molecule has 0 aromatic carbocycles. The molecule has 114 valence electrons. The van der Waals surface area contributed by atoms with E-state index in [4.69, 9.17) is 0 Å². The minimum absolute atomic E-state index is 0.0328. The molecule has 20 heavy (non-hydrogen) atoms. The van der Waals surface area contributed by atoms with Crippen molar-refractivity contribution >= 4 is 11.6 Å². The van der Waals surface area contributed by atoms with Crippen LogP contribution in [-0.2, 0) is 4.79 Å². The summed E-state index contributed by atoms with van der Waals surface area (Å²) in [5.74, 6) is 0.700. The highest BCUT2D eigenvalue weighted by Crippen LogP contribution is 2.16. The molecule has 1 heterocycles. The molecule has 1 amide bonds. The first-order valence-electron chi connectivity index (χ1n) is 7.55. The number of carbonyl (C=O) groups is 1. The molecule has 5 nitrogen and oxygen atoms in total. The van der Waals surface area contributed by atoms with E-state index >= 15 is 0 Å². The number of likely N-dealkylation sites (N-methyl/N-ethyl adjacent to an activating group) is 1. The van der Waals surface area contributed by atoms with Crippen molar-refractivity contribution in [1.82, 2.24) is 15.1 Å². The number of hydrogen-bond donors (Lipinski definition) is 2. The van der Waals surface area contributed by atoms with Crippen LogP contribution in [0, 0.1) is 19.8 Å². The number of H-pyrrole nitrogens is 1. The summed E-state index contributed by atoms with van der Waals surface area (Å²) in [6.07, 6.45) is 2.32. The zero-order chi connectivity index (χ0) is 15.1. The fourth-order valence-corrected chi connectivity index (χ4v) is 2.33. The van der Waals surface area contributed by atoms with Crippen LogP contribution in [0.2, 0.25) is 0 Å². The van der Waals surface area contributed by atoms with Gasteiger partial charge in [0.05, 0.1) is 23.6 Å². The van der Waals surface area contributed by atoms with Crippen LogP contribution in [0.25, 0.3) is 0 Å². The molecule has 0 unspecified atom stereocenters.